The first kappa shape index (κ1) is 14.1. The monoisotopic (exact) mass is 286 g/mol. The first-order valence-corrected chi connectivity index (χ1v) is 7.40. The van der Waals surface area contributed by atoms with Crippen LogP contribution < -0.4 is 5.73 Å². The van der Waals surface area contributed by atoms with Gasteiger partial charge in [0, 0.05) is 37.9 Å². The number of likely N-dealkylation sites (tertiary alicyclic amines) is 1. The van der Waals surface area contributed by atoms with E-state index in [4.69, 9.17) is 10.5 Å². The molecule has 0 spiro atoms. The summed E-state index contributed by atoms with van der Waals surface area (Å²) >= 11 is 0. The van der Waals surface area contributed by atoms with Gasteiger partial charge < -0.3 is 10.5 Å². The number of nitrogens with zero attached hydrogens (tertiary/aromatic N) is 2. The second-order valence-corrected chi connectivity index (χ2v) is 5.56. The maximum atomic E-state index is 5.71. The van der Waals surface area contributed by atoms with Crippen molar-refractivity contribution in [2.45, 2.75) is 25.0 Å². The van der Waals surface area contributed by atoms with Crippen molar-refractivity contribution >= 4 is 5.82 Å². The van der Waals surface area contributed by atoms with Crippen LogP contribution in [0.2, 0.25) is 0 Å². The molecule has 5 nitrogen and oxygen atoms in total. The van der Waals surface area contributed by atoms with Crippen LogP contribution in [0.3, 0.4) is 0 Å². The smallest absolute Gasteiger partial charge is 0.145 e. The molecule has 0 bridgehead atoms. The lowest BCUT2D eigenvalue weighted by Crippen LogP contribution is -2.37. The van der Waals surface area contributed by atoms with Crippen LogP contribution in [0.1, 0.15) is 36.2 Å². The number of piperidine rings is 1. The van der Waals surface area contributed by atoms with Crippen LogP contribution >= 0.6 is 0 Å². The highest BCUT2D eigenvalue weighted by molar-refractivity contribution is 5.30. The summed E-state index contributed by atoms with van der Waals surface area (Å²) in [4.78, 5) is 2.39. The van der Waals surface area contributed by atoms with E-state index in [-0.39, 0.29) is 6.23 Å². The highest BCUT2D eigenvalue weighted by Crippen LogP contribution is 2.32. The predicted molar refractivity (Wildman–Crippen MR) is 82.7 cm³/mol. The number of nitrogens with two attached hydrogens (primary N) is 1. The average Bonchev–Trinajstić information content (AvgIpc) is 2.96. The van der Waals surface area contributed by atoms with Crippen molar-refractivity contribution in [1.82, 2.24) is 15.1 Å². The first-order valence-electron chi connectivity index (χ1n) is 7.40. The number of rotatable bonds is 4. The Morgan fingerprint density at radius 3 is 2.57 bits per heavy atom. The molecule has 1 aliphatic rings. The number of nitrogens with one attached hydrogen (secondary N) is 1. The highest BCUT2D eigenvalue weighted by atomic mass is 16.5. The molecular weight excluding hydrogens is 264 g/mol. The SMILES string of the molecule is COC(c1ccccc1)N1CCC(c2cc(N)n[nH]2)CC1. The van der Waals surface area contributed by atoms with Crippen molar-refractivity contribution in [2.24, 2.45) is 0 Å². The molecule has 0 amide bonds. The molecule has 0 radical (unpaired) electrons. The fourth-order valence-electron chi connectivity index (χ4n) is 3.12. The summed E-state index contributed by atoms with van der Waals surface area (Å²) in [7, 11) is 1.78. The molecule has 1 saturated heterocycles. The van der Waals surface area contributed by atoms with Crippen molar-refractivity contribution in [3.63, 3.8) is 0 Å². The Hall–Kier alpha value is -1.85. The number of ether oxygens (including phenoxy) is 1. The molecule has 0 saturated carbocycles. The fourth-order valence-corrected chi connectivity index (χ4v) is 3.12. The molecule has 0 aliphatic carbocycles. The summed E-state index contributed by atoms with van der Waals surface area (Å²) in [5.74, 6) is 1.09. The Balaban J connectivity index is 1.64. The fraction of sp³-hybridized carbons (Fsp3) is 0.438. The predicted octanol–water partition coefficient (Wildman–Crippen LogP) is 2.52. The van der Waals surface area contributed by atoms with Gasteiger partial charge in [-0.1, -0.05) is 30.3 Å². The molecule has 1 aliphatic heterocycles. The van der Waals surface area contributed by atoms with Crippen LogP contribution in [0.4, 0.5) is 5.82 Å². The third-order valence-corrected chi connectivity index (χ3v) is 4.23. The number of hydrogen-bond acceptors (Lipinski definition) is 4. The van der Waals surface area contributed by atoms with Crippen LogP contribution in [0.25, 0.3) is 0 Å². The number of methoxy groups -OCH3 is 1. The standard InChI is InChI=1S/C16H22N4O/c1-21-16(13-5-3-2-4-6-13)20-9-7-12(8-10-20)14-11-15(17)19-18-14/h2-6,11-12,16H,7-10H2,1H3,(H3,17,18,19). The molecule has 3 N–H and O–H groups in total. The zero-order chi connectivity index (χ0) is 14.7. The van der Waals surface area contributed by atoms with Gasteiger partial charge in [-0.05, 0) is 18.4 Å². The summed E-state index contributed by atoms with van der Waals surface area (Å²) in [5, 5.41) is 7.06. The number of nitrogen functional groups attached to an aromatic ring is 1. The van der Waals surface area contributed by atoms with Gasteiger partial charge in [0.05, 0.1) is 0 Å². The second kappa shape index (κ2) is 6.28. The Bertz CT molecular complexity index is 561. The Kier molecular flexibility index (Phi) is 4.22. The third kappa shape index (κ3) is 3.09. The Morgan fingerprint density at radius 1 is 1.29 bits per heavy atom. The molecule has 21 heavy (non-hydrogen) atoms. The topological polar surface area (TPSA) is 67.2 Å². The zero-order valence-corrected chi connectivity index (χ0v) is 12.3. The quantitative estimate of drug-likeness (QED) is 0.906. The lowest BCUT2D eigenvalue weighted by molar-refractivity contribution is -0.0464. The van der Waals surface area contributed by atoms with Crippen molar-refractivity contribution in [2.75, 3.05) is 25.9 Å². The average molecular weight is 286 g/mol. The zero-order valence-electron chi connectivity index (χ0n) is 12.3. The van der Waals surface area contributed by atoms with E-state index in [9.17, 15) is 0 Å². The molecule has 1 unspecified atom stereocenters. The van der Waals surface area contributed by atoms with Gasteiger partial charge in [-0.2, -0.15) is 5.10 Å². The number of hydrogen-bond donors (Lipinski definition) is 2. The number of aromatic nitrogens is 2. The van der Waals surface area contributed by atoms with Gasteiger partial charge in [0.15, 0.2) is 0 Å². The lowest BCUT2D eigenvalue weighted by Gasteiger charge is -2.36. The summed E-state index contributed by atoms with van der Waals surface area (Å²) in [6.07, 6.45) is 2.22. The van der Waals surface area contributed by atoms with Crippen LogP contribution in [-0.4, -0.2) is 35.3 Å². The molecule has 3 rings (SSSR count). The van der Waals surface area contributed by atoms with E-state index in [1.807, 2.05) is 12.1 Å². The number of benzene rings is 1. The molecule has 112 valence electrons. The van der Waals surface area contributed by atoms with E-state index in [1.165, 1.54) is 5.56 Å². The summed E-state index contributed by atoms with van der Waals surface area (Å²) in [5.41, 5.74) is 8.05. The number of H-pyrrole nitrogens is 1. The minimum Gasteiger partial charge on any atom is -0.382 e. The van der Waals surface area contributed by atoms with Crippen LogP contribution in [0.5, 0.6) is 0 Å². The Labute approximate surface area is 125 Å². The molecule has 5 heteroatoms. The summed E-state index contributed by atoms with van der Waals surface area (Å²) in [6.45, 7) is 2.02. The van der Waals surface area contributed by atoms with Crippen LogP contribution in [0, 0.1) is 0 Å². The third-order valence-electron chi connectivity index (χ3n) is 4.23. The van der Waals surface area contributed by atoms with Crippen LogP contribution in [-0.2, 0) is 4.74 Å². The van der Waals surface area contributed by atoms with E-state index < -0.39 is 0 Å². The molecule has 1 aromatic carbocycles. The lowest BCUT2D eigenvalue weighted by atomic mass is 9.93. The van der Waals surface area contributed by atoms with Gasteiger partial charge in [-0.15, -0.1) is 0 Å². The van der Waals surface area contributed by atoms with Crippen LogP contribution in [0.15, 0.2) is 36.4 Å². The van der Waals surface area contributed by atoms with Gasteiger partial charge in [-0.3, -0.25) is 10.00 Å². The summed E-state index contributed by atoms with van der Waals surface area (Å²) < 4.78 is 5.71. The highest BCUT2D eigenvalue weighted by Gasteiger charge is 2.27. The molecule has 1 fully saturated rings. The van der Waals surface area contributed by atoms with E-state index in [2.05, 4.69) is 39.4 Å². The van der Waals surface area contributed by atoms with Gasteiger partial charge in [0.25, 0.3) is 0 Å². The number of anilines is 1. The molecule has 1 aromatic heterocycles. The molecule has 2 aromatic rings. The maximum absolute atomic E-state index is 5.71. The molecule has 1 atom stereocenters. The van der Waals surface area contributed by atoms with Gasteiger partial charge >= 0.3 is 0 Å². The van der Waals surface area contributed by atoms with Crippen molar-refractivity contribution < 1.29 is 4.74 Å². The largest absolute Gasteiger partial charge is 0.382 e. The first-order chi connectivity index (χ1) is 10.3. The minimum atomic E-state index is 0.0407. The molecular formula is C16H22N4O. The summed E-state index contributed by atoms with van der Waals surface area (Å²) in [6, 6.07) is 12.3. The van der Waals surface area contributed by atoms with E-state index in [0.717, 1.165) is 31.6 Å². The molecule has 2 heterocycles. The van der Waals surface area contributed by atoms with Crippen molar-refractivity contribution in [3.05, 3.63) is 47.7 Å². The van der Waals surface area contributed by atoms with E-state index >= 15 is 0 Å². The normalized spacial score (nSPS) is 18.7. The minimum absolute atomic E-state index is 0.0407. The van der Waals surface area contributed by atoms with Gasteiger partial charge in [0.2, 0.25) is 0 Å². The van der Waals surface area contributed by atoms with Crippen molar-refractivity contribution in [1.29, 1.82) is 0 Å². The van der Waals surface area contributed by atoms with Gasteiger partial charge in [-0.25, -0.2) is 0 Å². The second-order valence-electron chi connectivity index (χ2n) is 5.56. The van der Waals surface area contributed by atoms with E-state index in [0.29, 0.717) is 11.7 Å². The number of aromatic amines is 1. The van der Waals surface area contributed by atoms with Crippen molar-refractivity contribution in [3.8, 4) is 0 Å². The maximum Gasteiger partial charge on any atom is 0.145 e. The Morgan fingerprint density at radius 2 is 2.00 bits per heavy atom. The van der Waals surface area contributed by atoms with Gasteiger partial charge in [0.1, 0.15) is 12.0 Å². The van der Waals surface area contributed by atoms with E-state index in [1.54, 1.807) is 7.11 Å².